The smallest absolute Gasteiger partial charge is 0.0571 e. The maximum absolute atomic E-state index is 2.65. The maximum atomic E-state index is 2.65. The lowest BCUT2D eigenvalue weighted by Crippen LogP contribution is -2.00. The van der Waals surface area contributed by atoms with Crippen LogP contribution in [0, 0.1) is 0 Å². The zero-order chi connectivity index (χ0) is 30.1. The van der Waals surface area contributed by atoms with Crippen molar-refractivity contribution in [2.75, 3.05) is 0 Å². The standard InChI is InChI=1S/C42H54N2/c1-3-5-7-9-11-13-15-21-31-43-39-25-19-17-23-33(39)35-27-30-38-37(41(35)43)29-28-36-34-24-18-20-26-40(34)44(42(36)38)32-22-16-14-12-10-8-6-4-2/h17-20,23-30H,3-16,21-22,31-32H2,1-2H3. The first-order valence-electron chi connectivity index (χ1n) is 18.2. The third-order valence-corrected chi connectivity index (χ3v) is 10.1. The first-order valence-corrected chi connectivity index (χ1v) is 18.2. The van der Waals surface area contributed by atoms with Crippen LogP contribution in [-0.2, 0) is 13.1 Å². The van der Waals surface area contributed by atoms with E-state index in [0.29, 0.717) is 0 Å². The fourth-order valence-electron chi connectivity index (χ4n) is 7.78. The highest BCUT2D eigenvalue weighted by molar-refractivity contribution is 6.25. The van der Waals surface area contributed by atoms with Crippen LogP contribution in [0.1, 0.15) is 117 Å². The van der Waals surface area contributed by atoms with Gasteiger partial charge >= 0.3 is 0 Å². The summed E-state index contributed by atoms with van der Waals surface area (Å²) in [5.41, 5.74) is 5.63. The molecule has 0 atom stereocenters. The second-order valence-electron chi connectivity index (χ2n) is 13.3. The predicted octanol–water partition coefficient (Wildman–Crippen LogP) is 13.3. The van der Waals surface area contributed by atoms with Crippen molar-refractivity contribution in [3.05, 3.63) is 72.8 Å². The summed E-state index contributed by atoms with van der Waals surface area (Å²) in [5.74, 6) is 0. The first kappa shape index (κ1) is 30.8. The average Bonchev–Trinajstić information content (AvgIpc) is 3.56. The van der Waals surface area contributed by atoms with Crippen LogP contribution < -0.4 is 0 Å². The summed E-state index contributed by atoms with van der Waals surface area (Å²) in [6.07, 6.45) is 21.7. The van der Waals surface area contributed by atoms with Gasteiger partial charge in [0.1, 0.15) is 0 Å². The molecule has 6 rings (SSSR count). The van der Waals surface area contributed by atoms with Gasteiger partial charge < -0.3 is 9.13 Å². The van der Waals surface area contributed by atoms with Gasteiger partial charge in [0.2, 0.25) is 0 Å². The maximum Gasteiger partial charge on any atom is 0.0571 e. The number of unbranched alkanes of at least 4 members (excludes halogenated alkanes) is 14. The van der Waals surface area contributed by atoms with E-state index in [9.17, 15) is 0 Å². The van der Waals surface area contributed by atoms with Crippen LogP contribution in [0.2, 0.25) is 0 Å². The van der Waals surface area contributed by atoms with Crippen LogP contribution in [0.4, 0.5) is 0 Å². The first-order chi connectivity index (χ1) is 21.8. The molecule has 0 radical (unpaired) electrons. The number of benzene rings is 4. The molecule has 0 amide bonds. The summed E-state index contributed by atoms with van der Waals surface area (Å²) >= 11 is 0. The number of para-hydroxylation sites is 2. The molecule has 2 heteroatoms. The van der Waals surface area contributed by atoms with Gasteiger partial charge in [0.25, 0.3) is 0 Å². The van der Waals surface area contributed by atoms with E-state index < -0.39 is 0 Å². The molecule has 2 nitrogen and oxygen atoms in total. The van der Waals surface area contributed by atoms with Crippen molar-refractivity contribution >= 4 is 54.4 Å². The summed E-state index contributed by atoms with van der Waals surface area (Å²) < 4.78 is 5.31. The highest BCUT2D eigenvalue weighted by Crippen LogP contribution is 2.40. The van der Waals surface area contributed by atoms with Crippen molar-refractivity contribution in [3.63, 3.8) is 0 Å². The van der Waals surface area contributed by atoms with E-state index in [1.54, 1.807) is 0 Å². The van der Waals surface area contributed by atoms with Crippen LogP contribution in [0.25, 0.3) is 54.4 Å². The fourth-order valence-corrected chi connectivity index (χ4v) is 7.78. The molecular formula is C42H54N2. The highest BCUT2D eigenvalue weighted by atomic mass is 15.0. The van der Waals surface area contributed by atoms with Crippen LogP contribution >= 0.6 is 0 Å². The molecule has 0 aliphatic carbocycles. The Morgan fingerprint density at radius 3 is 1.05 bits per heavy atom. The molecule has 2 heterocycles. The molecule has 4 aromatic carbocycles. The summed E-state index contributed by atoms with van der Waals surface area (Å²) in [5, 5.41) is 8.40. The molecule has 0 bridgehead atoms. The number of nitrogens with zero attached hydrogens (tertiary/aromatic N) is 2. The van der Waals surface area contributed by atoms with Crippen LogP contribution in [0.5, 0.6) is 0 Å². The second kappa shape index (κ2) is 15.2. The third-order valence-electron chi connectivity index (χ3n) is 10.1. The molecule has 6 aromatic rings. The van der Waals surface area contributed by atoms with E-state index in [4.69, 9.17) is 0 Å². The minimum atomic E-state index is 1.09. The van der Waals surface area contributed by atoms with Gasteiger partial charge in [-0.1, -0.05) is 164 Å². The van der Waals surface area contributed by atoms with E-state index >= 15 is 0 Å². The largest absolute Gasteiger partial charge is 0.340 e. The number of aromatic nitrogens is 2. The van der Waals surface area contributed by atoms with Crippen molar-refractivity contribution in [2.45, 2.75) is 130 Å². The molecule has 0 aliphatic rings. The monoisotopic (exact) mass is 586 g/mol. The molecule has 0 spiro atoms. The lowest BCUT2D eigenvalue weighted by Gasteiger charge is -2.13. The molecule has 232 valence electrons. The van der Waals surface area contributed by atoms with Crippen molar-refractivity contribution in [3.8, 4) is 0 Å². The molecular weight excluding hydrogens is 532 g/mol. The Morgan fingerprint density at radius 2 is 0.659 bits per heavy atom. The number of aryl methyl sites for hydroxylation is 2. The quantitative estimate of drug-likeness (QED) is 0.0887. The zero-order valence-electron chi connectivity index (χ0n) is 27.6. The number of hydrogen-bond acceptors (Lipinski definition) is 0. The molecule has 0 saturated heterocycles. The van der Waals surface area contributed by atoms with Crippen LogP contribution in [0.15, 0.2) is 72.8 Å². The molecule has 0 aliphatic heterocycles. The van der Waals surface area contributed by atoms with Crippen molar-refractivity contribution in [1.82, 2.24) is 9.13 Å². The van der Waals surface area contributed by atoms with E-state index in [1.165, 1.54) is 157 Å². The van der Waals surface area contributed by atoms with Gasteiger partial charge in [-0.3, -0.25) is 0 Å². The minimum absolute atomic E-state index is 1.09. The van der Waals surface area contributed by atoms with Crippen LogP contribution in [-0.4, -0.2) is 9.13 Å². The van der Waals surface area contributed by atoms with E-state index in [1.807, 2.05) is 0 Å². The Morgan fingerprint density at radius 1 is 0.341 bits per heavy atom. The number of hydrogen-bond donors (Lipinski definition) is 0. The van der Waals surface area contributed by atoms with E-state index in [2.05, 4.69) is 95.8 Å². The van der Waals surface area contributed by atoms with Gasteiger partial charge in [-0.2, -0.15) is 0 Å². The minimum Gasteiger partial charge on any atom is -0.340 e. The van der Waals surface area contributed by atoms with E-state index in [-0.39, 0.29) is 0 Å². The SMILES string of the molecule is CCCCCCCCCCn1c2ccccc2c2ccc3c(ccc4c5ccccc5n(CCCCCCCCCC)c43)c21. The molecule has 0 N–H and O–H groups in total. The summed E-state index contributed by atoms with van der Waals surface area (Å²) in [7, 11) is 0. The fraction of sp³-hybridized carbons (Fsp3) is 0.476. The average molecular weight is 587 g/mol. The number of fused-ring (bicyclic) bond motifs is 9. The molecule has 0 unspecified atom stereocenters. The Kier molecular flexibility index (Phi) is 10.6. The van der Waals surface area contributed by atoms with Crippen molar-refractivity contribution in [1.29, 1.82) is 0 Å². The van der Waals surface area contributed by atoms with Gasteiger partial charge in [0, 0.05) is 56.4 Å². The molecule has 0 saturated carbocycles. The topological polar surface area (TPSA) is 9.86 Å². The Labute approximate surface area is 265 Å². The lowest BCUT2D eigenvalue weighted by atomic mass is 10.0. The molecule has 2 aromatic heterocycles. The predicted molar refractivity (Wildman–Crippen MR) is 195 cm³/mol. The Hall–Kier alpha value is -3.26. The van der Waals surface area contributed by atoms with Gasteiger partial charge in [-0.05, 0) is 25.0 Å². The van der Waals surface area contributed by atoms with Gasteiger partial charge in [0.15, 0.2) is 0 Å². The summed E-state index contributed by atoms with van der Waals surface area (Å²) in [4.78, 5) is 0. The highest BCUT2D eigenvalue weighted by Gasteiger charge is 2.18. The van der Waals surface area contributed by atoms with Crippen molar-refractivity contribution in [2.24, 2.45) is 0 Å². The van der Waals surface area contributed by atoms with Gasteiger partial charge in [0.05, 0.1) is 11.0 Å². The molecule has 0 fully saturated rings. The van der Waals surface area contributed by atoms with E-state index in [0.717, 1.165) is 13.1 Å². The lowest BCUT2D eigenvalue weighted by molar-refractivity contribution is 0.553. The normalized spacial score (nSPS) is 12.1. The summed E-state index contributed by atoms with van der Waals surface area (Å²) in [6.45, 7) is 6.80. The number of rotatable bonds is 18. The Bertz CT molecular complexity index is 1670. The Balaban J connectivity index is 1.33. The van der Waals surface area contributed by atoms with Gasteiger partial charge in [-0.15, -0.1) is 0 Å². The zero-order valence-corrected chi connectivity index (χ0v) is 27.6. The second-order valence-corrected chi connectivity index (χ2v) is 13.3. The van der Waals surface area contributed by atoms with Crippen LogP contribution in [0.3, 0.4) is 0 Å². The third kappa shape index (κ3) is 6.42. The van der Waals surface area contributed by atoms with Gasteiger partial charge in [-0.25, -0.2) is 0 Å². The summed E-state index contributed by atoms with van der Waals surface area (Å²) in [6, 6.07) is 27.9. The molecule has 44 heavy (non-hydrogen) atoms. The van der Waals surface area contributed by atoms with Crippen molar-refractivity contribution < 1.29 is 0 Å².